The quantitative estimate of drug-likeness (QED) is 0.636. The fraction of sp³-hybridized carbons (Fsp3) is 0.545. The molecule has 7 heteroatoms. The van der Waals surface area contributed by atoms with Gasteiger partial charge in [0, 0.05) is 6.54 Å². The van der Waals surface area contributed by atoms with Crippen LogP contribution in [0.2, 0.25) is 0 Å². The summed E-state index contributed by atoms with van der Waals surface area (Å²) in [4.78, 5) is 2.43. The molecule has 102 valence electrons. The van der Waals surface area contributed by atoms with E-state index in [-0.39, 0.29) is 6.54 Å². The van der Waals surface area contributed by atoms with Gasteiger partial charge >= 0.3 is 0 Å². The first-order chi connectivity index (χ1) is 8.28. The lowest BCUT2D eigenvalue weighted by atomic mass is 10.0. The molecule has 1 rings (SSSR count). The Labute approximate surface area is 102 Å². The van der Waals surface area contributed by atoms with E-state index in [9.17, 15) is 22.7 Å². The molecule has 0 radical (unpaired) electrons. The minimum atomic E-state index is -1.73. The third kappa shape index (κ3) is 3.32. The second kappa shape index (κ2) is 5.51. The SMILES string of the molecule is CCCC(C)(O)CNc1c(F)c(F)nc(F)c1F. The summed E-state index contributed by atoms with van der Waals surface area (Å²) in [6, 6.07) is 0. The number of aromatic nitrogens is 1. The first kappa shape index (κ1) is 14.7. The molecule has 0 spiro atoms. The Hall–Kier alpha value is -1.37. The number of hydrogen-bond donors (Lipinski definition) is 2. The van der Waals surface area contributed by atoms with Crippen molar-refractivity contribution in [3.63, 3.8) is 0 Å². The average molecular weight is 266 g/mol. The fourth-order valence-corrected chi connectivity index (χ4v) is 1.55. The summed E-state index contributed by atoms with van der Waals surface area (Å²) in [5.74, 6) is -6.68. The molecule has 0 aliphatic heterocycles. The highest BCUT2D eigenvalue weighted by Gasteiger charge is 2.24. The van der Waals surface area contributed by atoms with Gasteiger partial charge in [-0.05, 0) is 13.3 Å². The Morgan fingerprint density at radius 3 is 2.11 bits per heavy atom. The van der Waals surface area contributed by atoms with Crippen molar-refractivity contribution >= 4 is 5.69 Å². The van der Waals surface area contributed by atoms with Gasteiger partial charge in [-0.1, -0.05) is 13.3 Å². The highest BCUT2D eigenvalue weighted by atomic mass is 19.2. The smallest absolute Gasteiger partial charge is 0.253 e. The minimum absolute atomic E-state index is 0.239. The molecule has 0 bridgehead atoms. The Bertz CT molecular complexity index is 411. The molecule has 0 saturated carbocycles. The van der Waals surface area contributed by atoms with Crippen LogP contribution in [0.15, 0.2) is 0 Å². The van der Waals surface area contributed by atoms with E-state index in [1.165, 1.54) is 6.92 Å². The molecule has 1 unspecified atom stereocenters. The van der Waals surface area contributed by atoms with Gasteiger partial charge < -0.3 is 10.4 Å². The van der Waals surface area contributed by atoms with Crippen LogP contribution in [-0.2, 0) is 0 Å². The first-order valence-corrected chi connectivity index (χ1v) is 5.44. The summed E-state index contributed by atoms with van der Waals surface area (Å²) < 4.78 is 52.0. The molecule has 0 amide bonds. The summed E-state index contributed by atoms with van der Waals surface area (Å²) in [5, 5.41) is 12.0. The number of rotatable bonds is 5. The Morgan fingerprint density at radius 1 is 1.17 bits per heavy atom. The van der Waals surface area contributed by atoms with E-state index in [2.05, 4.69) is 10.3 Å². The van der Waals surface area contributed by atoms with Gasteiger partial charge in [0.15, 0.2) is 0 Å². The van der Waals surface area contributed by atoms with E-state index < -0.39 is 34.8 Å². The number of anilines is 1. The predicted molar refractivity (Wildman–Crippen MR) is 58.1 cm³/mol. The summed E-state index contributed by atoms with van der Waals surface area (Å²) >= 11 is 0. The van der Waals surface area contributed by atoms with Crippen molar-refractivity contribution in [2.75, 3.05) is 11.9 Å². The fourth-order valence-electron chi connectivity index (χ4n) is 1.55. The third-order valence-corrected chi connectivity index (χ3v) is 2.43. The van der Waals surface area contributed by atoms with Crippen LogP contribution < -0.4 is 5.32 Å². The van der Waals surface area contributed by atoms with Crippen molar-refractivity contribution in [1.82, 2.24) is 4.98 Å². The van der Waals surface area contributed by atoms with Gasteiger partial charge in [-0.2, -0.15) is 22.5 Å². The largest absolute Gasteiger partial charge is 0.388 e. The number of pyridine rings is 1. The van der Waals surface area contributed by atoms with E-state index in [1.54, 1.807) is 0 Å². The Morgan fingerprint density at radius 2 is 1.67 bits per heavy atom. The van der Waals surface area contributed by atoms with E-state index in [0.717, 1.165) is 0 Å². The molecule has 0 aliphatic rings. The first-order valence-electron chi connectivity index (χ1n) is 5.44. The Kier molecular flexibility index (Phi) is 4.50. The lowest BCUT2D eigenvalue weighted by molar-refractivity contribution is 0.0635. The summed E-state index contributed by atoms with van der Waals surface area (Å²) in [6.45, 7) is 3.03. The molecule has 0 saturated heterocycles. The molecule has 2 N–H and O–H groups in total. The zero-order chi connectivity index (χ0) is 13.9. The summed E-state index contributed by atoms with van der Waals surface area (Å²) in [5.41, 5.74) is -2.19. The molecule has 1 aromatic heterocycles. The molecule has 1 atom stereocenters. The second-order valence-electron chi connectivity index (χ2n) is 4.30. The maximum atomic E-state index is 13.2. The number of aliphatic hydroxyl groups is 1. The highest BCUT2D eigenvalue weighted by molar-refractivity contribution is 5.45. The standard InChI is InChI=1S/C11H14F4N2O/c1-3-4-11(2,18)5-16-8-6(12)9(14)17-10(15)7(8)13/h18H,3-5H2,1-2H3,(H,16,17). The van der Waals surface area contributed by atoms with Crippen molar-refractivity contribution in [2.24, 2.45) is 0 Å². The number of nitrogens with one attached hydrogen (secondary N) is 1. The molecule has 3 nitrogen and oxygen atoms in total. The number of nitrogens with zero attached hydrogens (tertiary/aromatic N) is 1. The molecular formula is C11H14F4N2O. The van der Waals surface area contributed by atoms with Crippen LogP contribution in [0.1, 0.15) is 26.7 Å². The van der Waals surface area contributed by atoms with Crippen LogP contribution in [0, 0.1) is 23.5 Å². The van der Waals surface area contributed by atoms with Gasteiger partial charge in [-0.15, -0.1) is 0 Å². The number of halogens is 4. The second-order valence-corrected chi connectivity index (χ2v) is 4.30. The zero-order valence-electron chi connectivity index (χ0n) is 10.0. The third-order valence-electron chi connectivity index (χ3n) is 2.43. The van der Waals surface area contributed by atoms with Crippen LogP contribution in [0.3, 0.4) is 0 Å². The van der Waals surface area contributed by atoms with Crippen molar-refractivity contribution in [1.29, 1.82) is 0 Å². The van der Waals surface area contributed by atoms with E-state index >= 15 is 0 Å². The van der Waals surface area contributed by atoms with Crippen molar-refractivity contribution in [2.45, 2.75) is 32.3 Å². The van der Waals surface area contributed by atoms with E-state index in [0.29, 0.717) is 12.8 Å². The number of hydrogen-bond acceptors (Lipinski definition) is 3. The maximum absolute atomic E-state index is 13.2. The average Bonchev–Trinajstić information content (AvgIpc) is 2.26. The normalized spacial score (nSPS) is 14.4. The Balaban J connectivity index is 2.91. The zero-order valence-corrected chi connectivity index (χ0v) is 10.0. The molecule has 1 aromatic rings. The maximum Gasteiger partial charge on any atom is 0.253 e. The van der Waals surface area contributed by atoms with Crippen LogP contribution in [0.25, 0.3) is 0 Å². The predicted octanol–water partition coefficient (Wildman–Crippen LogP) is 2.60. The lowest BCUT2D eigenvalue weighted by Crippen LogP contribution is -2.33. The van der Waals surface area contributed by atoms with Gasteiger partial charge in [0.25, 0.3) is 11.9 Å². The van der Waals surface area contributed by atoms with Crippen LogP contribution >= 0.6 is 0 Å². The monoisotopic (exact) mass is 266 g/mol. The molecule has 18 heavy (non-hydrogen) atoms. The van der Waals surface area contributed by atoms with E-state index in [4.69, 9.17) is 0 Å². The molecule has 0 fully saturated rings. The molecular weight excluding hydrogens is 252 g/mol. The van der Waals surface area contributed by atoms with Crippen LogP contribution in [0.5, 0.6) is 0 Å². The summed E-state index contributed by atoms with van der Waals surface area (Å²) in [7, 11) is 0. The molecule has 0 aliphatic carbocycles. The van der Waals surface area contributed by atoms with Gasteiger partial charge in [-0.25, -0.2) is 0 Å². The lowest BCUT2D eigenvalue weighted by Gasteiger charge is -2.23. The van der Waals surface area contributed by atoms with Crippen LogP contribution in [-0.4, -0.2) is 22.2 Å². The minimum Gasteiger partial charge on any atom is -0.388 e. The summed E-state index contributed by atoms with van der Waals surface area (Å²) in [6.07, 6.45) is 1.03. The topological polar surface area (TPSA) is 45.1 Å². The van der Waals surface area contributed by atoms with Crippen LogP contribution in [0.4, 0.5) is 23.2 Å². The van der Waals surface area contributed by atoms with Gasteiger partial charge in [0.1, 0.15) is 5.69 Å². The van der Waals surface area contributed by atoms with E-state index in [1.807, 2.05) is 6.92 Å². The molecule has 1 heterocycles. The van der Waals surface area contributed by atoms with Crippen molar-refractivity contribution in [3.05, 3.63) is 23.5 Å². The van der Waals surface area contributed by atoms with Crippen molar-refractivity contribution in [3.8, 4) is 0 Å². The van der Waals surface area contributed by atoms with Crippen molar-refractivity contribution < 1.29 is 22.7 Å². The highest BCUT2D eigenvalue weighted by Crippen LogP contribution is 2.23. The van der Waals surface area contributed by atoms with Gasteiger partial charge in [0.2, 0.25) is 11.6 Å². The van der Waals surface area contributed by atoms with Gasteiger partial charge in [0.05, 0.1) is 5.60 Å². The molecule has 0 aromatic carbocycles. The van der Waals surface area contributed by atoms with Gasteiger partial charge in [-0.3, -0.25) is 0 Å².